The first-order valence-electron chi connectivity index (χ1n) is 10.1. The van der Waals surface area contributed by atoms with Gasteiger partial charge in [-0.05, 0) is 19.3 Å². The lowest BCUT2D eigenvalue weighted by Crippen LogP contribution is -2.31. The van der Waals surface area contributed by atoms with Crippen LogP contribution in [0.5, 0.6) is 0 Å². The minimum atomic E-state index is -0.620. The fourth-order valence-electron chi connectivity index (χ4n) is 2.68. The largest absolute Gasteiger partial charge is 0.356 e. The molecule has 2 heterocycles. The van der Waals surface area contributed by atoms with Crippen LogP contribution < -0.4 is 21.6 Å². The van der Waals surface area contributed by atoms with Crippen molar-refractivity contribution in [3.05, 3.63) is 10.5 Å². The number of aromatic nitrogens is 3. The van der Waals surface area contributed by atoms with Gasteiger partial charge in [0.15, 0.2) is 0 Å². The third kappa shape index (κ3) is 8.80. The summed E-state index contributed by atoms with van der Waals surface area (Å²) in [7, 11) is 0. The van der Waals surface area contributed by atoms with E-state index in [2.05, 4.69) is 30.9 Å². The first-order chi connectivity index (χ1) is 14.8. The SMILES string of the molecule is CC(=O)NCCCNc1nc(NCCCCCC(=O)ON2C(=O)CCC2=O)[nH]c(=O)n1. The van der Waals surface area contributed by atoms with E-state index >= 15 is 0 Å². The monoisotopic (exact) mass is 437 g/mol. The predicted molar refractivity (Wildman–Crippen MR) is 109 cm³/mol. The standard InChI is InChI=1S/C18H27N7O6/c1-12(26)19-10-5-11-21-17-22-16(23-18(30)24-17)20-9-4-2-3-6-15(29)31-25-13(27)7-8-14(25)28/h2-11H2,1H3,(H,19,26)(H3,20,21,22,23,24,30). The zero-order valence-corrected chi connectivity index (χ0v) is 17.4. The summed E-state index contributed by atoms with van der Waals surface area (Å²) in [6.07, 6.45) is 2.79. The number of hydrogen-bond donors (Lipinski definition) is 4. The number of aromatic amines is 1. The van der Waals surface area contributed by atoms with Crippen molar-refractivity contribution >= 4 is 35.6 Å². The zero-order valence-electron chi connectivity index (χ0n) is 17.4. The van der Waals surface area contributed by atoms with Gasteiger partial charge in [0.1, 0.15) is 0 Å². The van der Waals surface area contributed by atoms with E-state index in [1.165, 1.54) is 6.92 Å². The van der Waals surface area contributed by atoms with Gasteiger partial charge in [-0.3, -0.25) is 19.4 Å². The van der Waals surface area contributed by atoms with Gasteiger partial charge < -0.3 is 20.8 Å². The van der Waals surface area contributed by atoms with E-state index in [1.54, 1.807) is 0 Å². The number of imide groups is 1. The van der Waals surface area contributed by atoms with Crippen LogP contribution in [0.25, 0.3) is 0 Å². The molecule has 1 aromatic rings. The van der Waals surface area contributed by atoms with Crippen molar-refractivity contribution in [2.75, 3.05) is 30.3 Å². The number of H-pyrrole nitrogens is 1. The quantitative estimate of drug-likeness (QED) is 0.236. The molecule has 0 bridgehead atoms. The Labute approximate surface area is 178 Å². The van der Waals surface area contributed by atoms with Gasteiger partial charge in [0.05, 0.1) is 0 Å². The molecule has 3 amide bonds. The van der Waals surface area contributed by atoms with Crippen LogP contribution in [0.1, 0.15) is 51.9 Å². The van der Waals surface area contributed by atoms with Crippen LogP contribution in [0.4, 0.5) is 11.9 Å². The average molecular weight is 437 g/mol. The number of unbranched alkanes of at least 4 members (excludes halogenated alkanes) is 2. The molecule has 0 saturated carbocycles. The Morgan fingerprint density at radius 2 is 1.68 bits per heavy atom. The van der Waals surface area contributed by atoms with Crippen LogP contribution in [-0.2, 0) is 24.0 Å². The van der Waals surface area contributed by atoms with Gasteiger partial charge in [-0.15, -0.1) is 5.06 Å². The Bertz CT molecular complexity index is 840. The molecule has 13 nitrogen and oxygen atoms in total. The molecule has 1 saturated heterocycles. The van der Waals surface area contributed by atoms with Gasteiger partial charge in [-0.25, -0.2) is 9.59 Å². The number of carbonyl (C=O) groups is 4. The Morgan fingerprint density at radius 1 is 0.968 bits per heavy atom. The summed E-state index contributed by atoms with van der Waals surface area (Å²) in [5, 5.41) is 9.11. The Morgan fingerprint density at radius 3 is 2.39 bits per heavy atom. The van der Waals surface area contributed by atoms with Crippen LogP contribution >= 0.6 is 0 Å². The molecule has 0 spiro atoms. The molecule has 31 heavy (non-hydrogen) atoms. The molecule has 1 aliphatic rings. The number of rotatable bonds is 13. The highest BCUT2D eigenvalue weighted by atomic mass is 16.7. The number of nitrogens with one attached hydrogen (secondary N) is 4. The van der Waals surface area contributed by atoms with Crippen LogP contribution in [-0.4, -0.2) is 63.3 Å². The highest BCUT2D eigenvalue weighted by Crippen LogP contribution is 2.13. The summed E-state index contributed by atoms with van der Waals surface area (Å²) in [4.78, 5) is 72.1. The van der Waals surface area contributed by atoms with Crippen LogP contribution in [0.15, 0.2) is 4.79 Å². The topological polar surface area (TPSA) is 175 Å². The first kappa shape index (κ1) is 23.8. The maximum atomic E-state index is 11.7. The molecule has 0 atom stereocenters. The summed E-state index contributed by atoms with van der Waals surface area (Å²) in [5.41, 5.74) is -0.546. The number of anilines is 2. The molecule has 0 aliphatic carbocycles. The van der Waals surface area contributed by atoms with Gasteiger partial charge in [-0.1, -0.05) is 6.42 Å². The zero-order chi connectivity index (χ0) is 22.6. The highest BCUT2D eigenvalue weighted by molar-refractivity contribution is 6.01. The van der Waals surface area contributed by atoms with E-state index in [4.69, 9.17) is 4.84 Å². The second kappa shape index (κ2) is 12.2. The average Bonchev–Trinajstić information content (AvgIpc) is 3.01. The second-order valence-corrected chi connectivity index (χ2v) is 6.87. The Hall–Kier alpha value is -3.51. The molecule has 0 unspecified atom stereocenters. The normalized spacial score (nSPS) is 13.3. The summed E-state index contributed by atoms with van der Waals surface area (Å²) < 4.78 is 0. The third-order valence-electron chi connectivity index (χ3n) is 4.21. The molecule has 170 valence electrons. The van der Waals surface area contributed by atoms with E-state index in [1.807, 2.05) is 0 Å². The molecule has 2 rings (SSSR count). The Kier molecular flexibility index (Phi) is 9.39. The summed E-state index contributed by atoms with van der Waals surface area (Å²) in [5.74, 6) is -1.26. The van der Waals surface area contributed by atoms with Crippen LogP contribution in [0, 0.1) is 0 Å². The molecule has 1 fully saturated rings. The van der Waals surface area contributed by atoms with E-state index in [0.717, 1.165) is 0 Å². The van der Waals surface area contributed by atoms with Gasteiger partial charge >= 0.3 is 11.7 Å². The highest BCUT2D eigenvalue weighted by Gasteiger charge is 2.32. The molecule has 0 aromatic carbocycles. The minimum Gasteiger partial charge on any atom is -0.356 e. The van der Waals surface area contributed by atoms with Crippen molar-refractivity contribution in [2.45, 2.75) is 51.9 Å². The van der Waals surface area contributed by atoms with Gasteiger partial charge in [-0.2, -0.15) is 9.97 Å². The summed E-state index contributed by atoms with van der Waals surface area (Å²) >= 11 is 0. The first-order valence-corrected chi connectivity index (χ1v) is 10.1. The lowest BCUT2D eigenvalue weighted by atomic mass is 10.2. The van der Waals surface area contributed by atoms with E-state index < -0.39 is 23.5 Å². The van der Waals surface area contributed by atoms with E-state index in [9.17, 15) is 24.0 Å². The number of hydroxylamine groups is 2. The van der Waals surface area contributed by atoms with Crippen LogP contribution in [0.2, 0.25) is 0 Å². The fraction of sp³-hybridized carbons (Fsp3) is 0.611. The minimum absolute atomic E-state index is 0.0667. The van der Waals surface area contributed by atoms with E-state index in [-0.39, 0.29) is 37.1 Å². The second-order valence-electron chi connectivity index (χ2n) is 6.87. The fourth-order valence-corrected chi connectivity index (χ4v) is 2.68. The molecule has 1 aliphatic heterocycles. The molecule has 1 aromatic heterocycles. The molecular weight excluding hydrogens is 410 g/mol. The molecule has 0 radical (unpaired) electrons. The number of hydrogen-bond acceptors (Lipinski definition) is 10. The van der Waals surface area contributed by atoms with Crippen molar-refractivity contribution < 1.29 is 24.0 Å². The third-order valence-corrected chi connectivity index (χ3v) is 4.21. The van der Waals surface area contributed by atoms with Crippen molar-refractivity contribution in [1.29, 1.82) is 0 Å². The van der Waals surface area contributed by atoms with Crippen LogP contribution in [0.3, 0.4) is 0 Å². The molecular formula is C18H27N7O6. The van der Waals surface area contributed by atoms with Gasteiger partial charge in [0.2, 0.25) is 17.8 Å². The number of carbonyl (C=O) groups excluding carboxylic acids is 4. The Balaban J connectivity index is 1.61. The molecule has 13 heteroatoms. The predicted octanol–water partition coefficient (Wildman–Crippen LogP) is -0.317. The van der Waals surface area contributed by atoms with Gasteiger partial charge in [0, 0.05) is 45.8 Å². The van der Waals surface area contributed by atoms with Crippen molar-refractivity contribution in [3.63, 3.8) is 0 Å². The van der Waals surface area contributed by atoms with Crippen molar-refractivity contribution in [3.8, 4) is 0 Å². The van der Waals surface area contributed by atoms with E-state index in [0.29, 0.717) is 50.4 Å². The summed E-state index contributed by atoms with van der Waals surface area (Å²) in [6.45, 7) is 2.95. The summed E-state index contributed by atoms with van der Waals surface area (Å²) in [6, 6.07) is 0. The number of nitrogens with zero attached hydrogens (tertiary/aromatic N) is 3. The van der Waals surface area contributed by atoms with Crippen molar-refractivity contribution in [1.82, 2.24) is 25.3 Å². The smallest absolute Gasteiger partial charge is 0.350 e. The lowest BCUT2D eigenvalue weighted by molar-refractivity contribution is -0.197. The van der Waals surface area contributed by atoms with Crippen molar-refractivity contribution in [2.24, 2.45) is 0 Å². The maximum absolute atomic E-state index is 11.7. The number of amides is 3. The lowest BCUT2D eigenvalue weighted by Gasteiger charge is -2.12. The van der Waals surface area contributed by atoms with Gasteiger partial charge in [0.25, 0.3) is 11.8 Å². The maximum Gasteiger partial charge on any atom is 0.350 e. The molecule has 4 N–H and O–H groups in total.